The van der Waals surface area contributed by atoms with Crippen molar-refractivity contribution in [2.75, 3.05) is 7.11 Å². The van der Waals surface area contributed by atoms with Crippen LogP contribution in [0.1, 0.15) is 48.3 Å². The lowest BCUT2D eigenvalue weighted by Gasteiger charge is -2.37. The normalized spacial score (nSPS) is 20.0. The van der Waals surface area contributed by atoms with E-state index in [1.165, 1.54) is 44.1 Å². The molecule has 0 bridgehead atoms. The molecule has 0 unspecified atom stereocenters. The zero-order valence-electron chi connectivity index (χ0n) is 13.2. The largest absolute Gasteiger partial charge is 0.481 e. The van der Waals surface area contributed by atoms with E-state index in [-0.39, 0.29) is 0 Å². The molecule has 0 N–H and O–H groups in total. The van der Waals surface area contributed by atoms with Crippen molar-refractivity contribution in [3.05, 3.63) is 59.3 Å². The van der Waals surface area contributed by atoms with Gasteiger partial charge in [-0.05, 0) is 66.5 Å². The summed E-state index contributed by atoms with van der Waals surface area (Å²) in [6.07, 6.45) is 9.86. The number of methoxy groups -OCH3 is 1. The molecule has 4 rings (SSSR count). The van der Waals surface area contributed by atoms with Crippen LogP contribution < -0.4 is 4.74 Å². The van der Waals surface area contributed by atoms with Crippen LogP contribution in [-0.2, 0) is 12.8 Å². The first-order valence-corrected chi connectivity index (χ1v) is 8.35. The summed E-state index contributed by atoms with van der Waals surface area (Å²) in [7, 11) is 1.67. The van der Waals surface area contributed by atoms with Crippen LogP contribution in [0, 0.1) is 5.41 Å². The summed E-state index contributed by atoms with van der Waals surface area (Å²) in [5.41, 5.74) is 5.10. The van der Waals surface area contributed by atoms with Crippen LogP contribution in [0.2, 0.25) is 0 Å². The molecule has 22 heavy (non-hydrogen) atoms. The lowest BCUT2D eigenvalue weighted by Crippen LogP contribution is -2.27. The highest BCUT2D eigenvalue weighted by atomic mass is 16.5. The monoisotopic (exact) mass is 293 g/mol. The Balaban J connectivity index is 1.45. The molecule has 0 atom stereocenters. The molecule has 2 heteroatoms. The van der Waals surface area contributed by atoms with Crippen LogP contribution in [0.4, 0.5) is 0 Å². The van der Waals surface area contributed by atoms with E-state index >= 15 is 0 Å². The van der Waals surface area contributed by atoms with E-state index in [4.69, 9.17) is 4.74 Å². The molecule has 2 aliphatic rings. The third-order valence-electron chi connectivity index (χ3n) is 5.74. The van der Waals surface area contributed by atoms with Crippen molar-refractivity contribution in [2.45, 2.75) is 44.4 Å². The van der Waals surface area contributed by atoms with Crippen LogP contribution in [0.3, 0.4) is 0 Å². The maximum absolute atomic E-state index is 5.16. The van der Waals surface area contributed by atoms with Crippen LogP contribution in [0.15, 0.2) is 42.6 Å². The minimum absolute atomic E-state index is 0.542. The highest BCUT2D eigenvalue weighted by Crippen LogP contribution is 2.50. The van der Waals surface area contributed by atoms with Crippen LogP contribution in [0.5, 0.6) is 5.88 Å². The fourth-order valence-corrected chi connectivity index (χ4v) is 4.44. The second-order valence-electron chi connectivity index (χ2n) is 7.03. The van der Waals surface area contributed by atoms with Crippen molar-refractivity contribution in [1.29, 1.82) is 0 Å². The Bertz CT molecular complexity index is 627. The number of fused-ring (bicyclic) bond motifs is 1. The summed E-state index contributed by atoms with van der Waals surface area (Å²) < 4.78 is 5.16. The van der Waals surface area contributed by atoms with E-state index in [0.717, 1.165) is 0 Å². The molecule has 1 aromatic heterocycles. The van der Waals surface area contributed by atoms with Gasteiger partial charge in [0, 0.05) is 12.3 Å². The third kappa shape index (κ3) is 2.41. The SMILES string of the molecule is COc1ccc(C2CCC3(CC2)Cc2ccccc2C3)cn1. The Morgan fingerprint density at radius 1 is 1.00 bits per heavy atom. The molecule has 0 aliphatic heterocycles. The Kier molecular flexibility index (Phi) is 3.40. The zero-order valence-corrected chi connectivity index (χ0v) is 13.2. The Morgan fingerprint density at radius 2 is 1.68 bits per heavy atom. The average molecular weight is 293 g/mol. The molecule has 0 amide bonds. The highest BCUT2D eigenvalue weighted by molar-refractivity contribution is 5.35. The molecule has 2 aromatic rings. The number of nitrogens with zero attached hydrogens (tertiary/aromatic N) is 1. The van der Waals surface area contributed by atoms with Gasteiger partial charge in [-0.15, -0.1) is 0 Å². The van der Waals surface area contributed by atoms with E-state index in [1.54, 1.807) is 18.2 Å². The van der Waals surface area contributed by atoms with Crippen LogP contribution >= 0.6 is 0 Å². The van der Waals surface area contributed by atoms with Crippen molar-refractivity contribution >= 4 is 0 Å². The number of pyridine rings is 1. The van der Waals surface area contributed by atoms with Crippen molar-refractivity contribution in [3.63, 3.8) is 0 Å². The molecule has 0 radical (unpaired) electrons. The molecular formula is C20H23NO. The van der Waals surface area contributed by atoms with Crippen LogP contribution in [-0.4, -0.2) is 12.1 Å². The predicted molar refractivity (Wildman–Crippen MR) is 88.3 cm³/mol. The molecule has 0 saturated heterocycles. The topological polar surface area (TPSA) is 22.1 Å². The quantitative estimate of drug-likeness (QED) is 0.811. The average Bonchev–Trinajstić information content (AvgIpc) is 2.93. The zero-order chi connectivity index (χ0) is 15.0. The molecule has 1 aromatic carbocycles. The molecule has 1 saturated carbocycles. The Labute approximate surface area is 132 Å². The van der Waals surface area contributed by atoms with E-state index < -0.39 is 0 Å². The van der Waals surface area contributed by atoms with Crippen molar-refractivity contribution in [1.82, 2.24) is 4.98 Å². The van der Waals surface area contributed by atoms with Crippen molar-refractivity contribution in [3.8, 4) is 5.88 Å². The smallest absolute Gasteiger partial charge is 0.212 e. The van der Waals surface area contributed by atoms with E-state index in [9.17, 15) is 0 Å². The van der Waals surface area contributed by atoms with Gasteiger partial charge in [0.25, 0.3) is 0 Å². The van der Waals surface area contributed by atoms with Gasteiger partial charge in [0.05, 0.1) is 7.11 Å². The number of benzene rings is 1. The molecule has 1 heterocycles. The van der Waals surface area contributed by atoms with Crippen LogP contribution in [0.25, 0.3) is 0 Å². The van der Waals surface area contributed by atoms with Gasteiger partial charge in [-0.2, -0.15) is 0 Å². The van der Waals surface area contributed by atoms with E-state index in [1.807, 2.05) is 12.3 Å². The maximum Gasteiger partial charge on any atom is 0.212 e. The summed E-state index contributed by atoms with van der Waals surface area (Å²) in [5.74, 6) is 1.38. The second kappa shape index (κ2) is 5.42. The van der Waals surface area contributed by atoms with Gasteiger partial charge in [-0.1, -0.05) is 30.3 Å². The standard InChI is InChI=1S/C20H23NO/c1-22-19-7-6-18(14-21-19)15-8-10-20(11-9-15)12-16-4-2-3-5-17(16)13-20/h2-7,14-15H,8-13H2,1H3. The molecule has 2 nitrogen and oxygen atoms in total. The summed E-state index contributed by atoms with van der Waals surface area (Å²) in [6.45, 7) is 0. The first kappa shape index (κ1) is 13.8. The molecular weight excluding hydrogens is 270 g/mol. The predicted octanol–water partition coefficient (Wildman–Crippen LogP) is 4.53. The minimum Gasteiger partial charge on any atom is -0.481 e. The second-order valence-corrected chi connectivity index (χ2v) is 7.03. The highest BCUT2D eigenvalue weighted by Gasteiger charge is 2.40. The number of rotatable bonds is 2. The van der Waals surface area contributed by atoms with E-state index in [0.29, 0.717) is 17.2 Å². The Morgan fingerprint density at radius 3 is 2.23 bits per heavy atom. The fraction of sp³-hybridized carbons (Fsp3) is 0.450. The maximum atomic E-state index is 5.16. The van der Waals surface area contributed by atoms with E-state index in [2.05, 4.69) is 35.3 Å². The van der Waals surface area contributed by atoms with Gasteiger partial charge in [0.2, 0.25) is 5.88 Å². The van der Waals surface area contributed by atoms with Gasteiger partial charge in [-0.25, -0.2) is 4.98 Å². The first-order chi connectivity index (χ1) is 10.8. The van der Waals surface area contributed by atoms with Crippen molar-refractivity contribution < 1.29 is 4.74 Å². The lowest BCUT2D eigenvalue weighted by atomic mass is 9.67. The number of hydrogen-bond acceptors (Lipinski definition) is 2. The third-order valence-corrected chi connectivity index (χ3v) is 5.74. The van der Waals surface area contributed by atoms with Gasteiger partial charge in [0.15, 0.2) is 0 Å². The summed E-state index contributed by atoms with van der Waals surface area (Å²) in [6, 6.07) is 13.2. The minimum atomic E-state index is 0.542. The Hall–Kier alpha value is -1.83. The fourth-order valence-electron chi connectivity index (χ4n) is 4.44. The van der Waals surface area contributed by atoms with Crippen molar-refractivity contribution in [2.24, 2.45) is 5.41 Å². The first-order valence-electron chi connectivity index (χ1n) is 8.35. The van der Waals surface area contributed by atoms with Gasteiger partial charge >= 0.3 is 0 Å². The summed E-state index contributed by atoms with van der Waals surface area (Å²) >= 11 is 0. The number of aromatic nitrogens is 1. The van der Waals surface area contributed by atoms with Gasteiger partial charge in [-0.3, -0.25) is 0 Å². The summed E-state index contributed by atoms with van der Waals surface area (Å²) in [4.78, 5) is 4.37. The number of hydrogen-bond donors (Lipinski definition) is 0. The lowest BCUT2D eigenvalue weighted by molar-refractivity contribution is 0.186. The summed E-state index contributed by atoms with van der Waals surface area (Å²) in [5, 5.41) is 0. The van der Waals surface area contributed by atoms with Gasteiger partial charge < -0.3 is 4.74 Å². The van der Waals surface area contributed by atoms with Gasteiger partial charge in [0.1, 0.15) is 0 Å². The molecule has 2 aliphatic carbocycles. The molecule has 1 spiro atoms. The molecule has 1 fully saturated rings. The molecule has 114 valence electrons. The number of ether oxygens (including phenoxy) is 1.